The topological polar surface area (TPSA) is 55.1 Å². The van der Waals surface area contributed by atoms with Gasteiger partial charge in [-0.3, -0.25) is 4.79 Å². The van der Waals surface area contributed by atoms with Gasteiger partial charge >= 0.3 is 0 Å². The van der Waals surface area contributed by atoms with Crippen LogP contribution in [0.3, 0.4) is 0 Å². The van der Waals surface area contributed by atoms with Crippen molar-refractivity contribution in [1.29, 1.82) is 0 Å². The molecule has 0 atom stereocenters. The summed E-state index contributed by atoms with van der Waals surface area (Å²) in [7, 11) is 0. The summed E-state index contributed by atoms with van der Waals surface area (Å²) < 4.78 is 0. The van der Waals surface area contributed by atoms with Gasteiger partial charge in [-0.15, -0.1) is 11.8 Å². The van der Waals surface area contributed by atoms with Gasteiger partial charge in [-0.25, -0.2) is 0 Å². The van der Waals surface area contributed by atoms with E-state index >= 15 is 0 Å². The van der Waals surface area contributed by atoms with Crippen molar-refractivity contribution in [3.8, 4) is 0 Å². The molecule has 3 nitrogen and oxygen atoms in total. The number of carbonyl (C=O) groups is 1. The Bertz CT molecular complexity index is 479. The van der Waals surface area contributed by atoms with Crippen LogP contribution in [0.4, 0.5) is 5.69 Å². The zero-order chi connectivity index (χ0) is 13.3. The highest BCUT2D eigenvalue weighted by Crippen LogP contribution is 2.39. The normalized spacial score (nSPS) is 21.3. The molecule has 2 aliphatic rings. The molecule has 1 aromatic carbocycles. The molecule has 2 aliphatic carbocycles. The summed E-state index contributed by atoms with van der Waals surface area (Å²) >= 11 is 1.90. The van der Waals surface area contributed by atoms with Crippen molar-refractivity contribution in [3.63, 3.8) is 0 Å². The third kappa shape index (κ3) is 2.95. The third-order valence-electron chi connectivity index (χ3n) is 3.97. The Kier molecular flexibility index (Phi) is 3.54. The van der Waals surface area contributed by atoms with Crippen molar-refractivity contribution >= 4 is 23.4 Å². The monoisotopic (exact) mass is 276 g/mol. The van der Waals surface area contributed by atoms with Crippen molar-refractivity contribution in [3.05, 3.63) is 24.3 Å². The molecule has 0 aromatic heterocycles. The Hall–Kier alpha value is -1.00. The van der Waals surface area contributed by atoms with Crippen LogP contribution in [0.15, 0.2) is 29.2 Å². The summed E-state index contributed by atoms with van der Waals surface area (Å²) in [6.45, 7) is 0. The number of nitrogens with one attached hydrogen (secondary N) is 1. The van der Waals surface area contributed by atoms with E-state index in [-0.39, 0.29) is 5.91 Å². The summed E-state index contributed by atoms with van der Waals surface area (Å²) in [5, 5.41) is 3.70. The van der Waals surface area contributed by atoms with E-state index in [0.717, 1.165) is 18.5 Å². The number of anilines is 1. The Morgan fingerprint density at radius 1 is 1.26 bits per heavy atom. The van der Waals surface area contributed by atoms with E-state index in [4.69, 9.17) is 5.73 Å². The van der Waals surface area contributed by atoms with Gasteiger partial charge in [0, 0.05) is 10.1 Å². The lowest BCUT2D eigenvalue weighted by atomic mass is 10.2. The molecule has 3 N–H and O–H groups in total. The molecule has 0 radical (unpaired) electrons. The first-order chi connectivity index (χ1) is 9.17. The molecule has 2 fully saturated rings. The second-order valence-corrected chi connectivity index (χ2v) is 6.97. The van der Waals surface area contributed by atoms with Gasteiger partial charge in [0.1, 0.15) is 0 Å². The van der Waals surface area contributed by atoms with Gasteiger partial charge in [-0.1, -0.05) is 25.0 Å². The van der Waals surface area contributed by atoms with Crippen molar-refractivity contribution in [1.82, 2.24) is 0 Å². The summed E-state index contributed by atoms with van der Waals surface area (Å²) in [6, 6.07) is 8.06. The second-order valence-electron chi connectivity index (χ2n) is 5.63. The molecule has 0 saturated heterocycles. The fourth-order valence-electron chi connectivity index (χ4n) is 2.47. The minimum Gasteiger partial charge on any atom is -0.323 e. The average Bonchev–Trinajstić information content (AvgIpc) is 2.96. The first kappa shape index (κ1) is 13.0. The molecule has 2 saturated carbocycles. The van der Waals surface area contributed by atoms with Gasteiger partial charge < -0.3 is 11.1 Å². The number of thioether (sulfide) groups is 1. The highest BCUT2D eigenvalue weighted by atomic mass is 32.2. The van der Waals surface area contributed by atoms with E-state index in [1.54, 1.807) is 0 Å². The number of hydrogen-bond acceptors (Lipinski definition) is 3. The van der Waals surface area contributed by atoms with Gasteiger partial charge in [-0.05, 0) is 37.8 Å². The minimum atomic E-state index is -0.606. The lowest BCUT2D eigenvalue weighted by Gasteiger charge is -2.15. The predicted molar refractivity (Wildman–Crippen MR) is 79.3 cm³/mol. The highest BCUT2D eigenvalue weighted by molar-refractivity contribution is 8.00. The van der Waals surface area contributed by atoms with Gasteiger partial charge in [0.15, 0.2) is 0 Å². The number of hydrogen-bond donors (Lipinski definition) is 2. The molecule has 19 heavy (non-hydrogen) atoms. The number of rotatable bonds is 4. The van der Waals surface area contributed by atoms with Crippen LogP contribution in [0.2, 0.25) is 0 Å². The molecule has 0 bridgehead atoms. The third-order valence-corrected chi connectivity index (χ3v) is 5.39. The highest BCUT2D eigenvalue weighted by Gasteiger charge is 2.46. The predicted octanol–water partition coefficient (Wildman–Crippen LogP) is 3.15. The lowest BCUT2D eigenvalue weighted by Crippen LogP contribution is -2.37. The van der Waals surface area contributed by atoms with E-state index in [1.807, 2.05) is 30.0 Å². The van der Waals surface area contributed by atoms with Crippen molar-refractivity contribution in [2.75, 3.05) is 5.32 Å². The van der Waals surface area contributed by atoms with Gasteiger partial charge in [0.05, 0.1) is 11.2 Å². The zero-order valence-corrected chi connectivity index (χ0v) is 11.8. The van der Waals surface area contributed by atoms with E-state index < -0.39 is 5.54 Å². The Labute approximate surface area is 118 Å². The smallest absolute Gasteiger partial charge is 0.244 e. The largest absolute Gasteiger partial charge is 0.323 e. The van der Waals surface area contributed by atoms with Crippen molar-refractivity contribution in [2.24, 2.45) is 5.73 Å². The van der Waals surface area contributed by atoms with Crippen LogP contribution in [0.5, 0.6) is 0 Å². The van der Waals surface area contributed by atoms with E-state index in [1.165, 1.54) is 30.6 Å². The van der Waals surface area contributed by atoms with Gasteiger partial charge in [0.25, 0.3) is 0 Å². The molecular formula is C15H20N2OS. The van der Waals surface area contributed by atoms with Gasteiger partial charge in [-0.2, -0.15) is 0 Å². The molecule has 0 spiro atoms. The SMILES string of the molecule is NC1(C(=O)Nc2ccccc2SC2CCCC2)CC1. The molecule has 4 heteroatoms. The van der Waals surface area contributed by atoms with Crippen molar-refractivity contribution < 1.29 is 4.79 Å². The van der Waals surface area contributed by atoms with Crippen LogP contribution in [0, 0.1) is 0 Å². The van der Waals surface area contributed by atoms with Crippen LogP contribution in [-0.2, 0) is 4.79 Å². The molecule has 0 heterocycles. The summed E-state index contributed by atoms with van der Waals surface area (Å²) in [6.07, 6.45) is 6.84. The molecule has 102 valence electrons. The lowest BCUT2D eigenvalue weighted by molar-refractivity contribution is -0.118. The quantitative estimate of drug-likeness (QED) is 0.888. The number of amides is 1. The molecular weight excluding hydrogens is 256 g/mol. The number of nitrogens with two attached hydrogens (primary N) is 1. The number of carbonyl (C=O) groups excluding carboxylic acids is 1. The standard InChI is InChI=1S/C15H20N2OS/c16-15(9-10-15)14(18)17-12-7-3-4-8-13(12)19-11-5-1-2-6-11/h3-4,7-8,11H,1-2,5-6,9-10,16H2,(H,17,18). The van der Waals surface area contributed by atoms with Crippen LogP contribution in [-0.4, -0.2) is 16.7 Å². The first-order valence-corrected chi connectivity index (χ1v) is 7.91. The first-order valence-electron chi connectivity index (χ1n) is 7.03. The molecule has 1 aromatic rings. The molecule has 1 amide bonds. The fourth-order valence-corrected chi connectivity index (χ4v) is 3.80. The molecule has 0 unspecified atom stereocenters. The molecule has 3 rings (SSSR count). The van der Waals surface area contributed by atoms with E-state index in [2.05, 4.69) is 11.4 Å². The number of para-hydroxylation sites is 1. The Morgan fingerprint density at radius 3 is 2.63 bits per heavy atom. The zero-order valence-electron chi connectivity index (χ0n) is 11.0. The fraction of sp³-hybridized carbons (Fsp3) is 0.533. The second kappa shape index (κ2) is 5.17. The van der Waals surface area contributed by atoms with Crippen molar-refractivity contribution in [2.45, 2.75) is 54.2 Å². The molecule has 0 aliphatic heterocycles. The Morgan fingerprint density at radius 2 is 1.95 bits per heavy atom. The van der Waals surface area contributed by atoms with Crippen LogP contribution < -0.4 is 11.1 Å². The summed E-state index contributed by atoms with van der Waals surface area (Å²) in [5.41, 5.74) is 6.24. The summed E-state index contributed by atoms with van der Waals surface area (Å²) in [5.74, 6) is -0.0352. The maximum atomic E-state index is 12.0. The van der Waals surface area contributed by atoms with Crippen LogP contribution in [0.25, 0.3) is 0 Å². The van der Waals surface area contributed by atoms with Crippen LogP contribution >= 0.6 is 11.8 Å². The minimum absolute atomic E-state index is 0.0352. The average molecular weight is 276 g/mol. The maximum absolute atomic E-state index is 12.0. The Balaban J connectivity index is 1.71. The van der Waals surface area contributed by atoms with Crippen LogP contribution in [0.1, 0.15) is 38.5 Å². The van der Waals surface area contributed by atoms with E-state index in [9.17, 15) is 4.79 Å². The number of benzene rings is 1. The van der Waals surface area contributed by atoms with E-state index in [0.29, 0.717) is 5.25 Å². The summed E-state index contributed by atoms with van der Waals surface area (Å²) in [4.78, 5) is 13.2. The van der Waals surface area contributed by atoms with Gasteiger partial charge in [0.2, 0.25) is 5.91 Å². The maximum Gasteiger partial charge on any atom is 0.244 e.